The highest BCUT2D eigenvalue weighted by molar-refractivity contribution is 7.89. The summed E-state index contributed by atoms with van der Waals surface area (Å²) in [6.45, 7) is 4.22. The summed E-state index contributed by atoms with van der Waals surface area (Å²) in [6, 6.07) is 0.143. The van der Waals surface area contributed by atoms with Crippen LogP contribution in [0.5, 0.6) is 0 Å². The average molecular weight is 249 g/mol. The Balaban J connectivity index is 2.60. The maximum atomic E-state index is 12.1. The lowest BCUT2D eigenvalue weighted by Gasteiger charge is -2.36. The van der Waals surface area contributed by atoms with Crippen molar-refractivity contribution in [2.75, 3.05) is 18.9 Å². The Morgan fingerprint density at radius 3 is 2.38 bits per heavy atom. The summed E-state index contributed by atoms with van der Waals surface area (Å²) >= 11 is 0. The van der Waals surface area contributed by atoms with Crippen molar-refractivity contribution in [2.24, 2.45) is 5.92 Å². The first-order valence-electron chi connectivity index (χ1n) is 6.07. The molecule has 0 aromatic carbocycles. The van der Waals surface area contributed by atoms with Crippen LogP contribution >= 0.6 is 0 Å². The molecule has 1 N–H and O–H groups in total. The largest absolute Gasteiger partial charge is 0.395 e. The Bertz CT molecular complexity index is 296. The van der Waals surface area contributed by atoms with Gasteiger partial charge in [0, 0.05) is 12.6 Å². The van der Waals surface area contributed by atoms with Crippen LogP contribution in [0.25, 0.3) is 0 Å². The molecular formula is C11H23NO3S. The Hall–Kier alpha value is -0.130. The van der Waals surface area contributed by atoms with Crippen LogP contribution < -0.4 is 0 Å². The van der Waals surface area contributed by atoms with Crippen molar-refractivity contribution in [1.29, 1.82) is 0 Å². The number of sulfonamides is 1. The number of hydrogen-bond donors (Lipinski definition) is 1. The van der Waals surface area contributed by atoms with Gasteiger partial charge in [-0.2, -0.15) is 4.31 Å². The molecule has 0 heterocycles. The van der Waals surface area contributed by atoms with Gasteiger partial charge in [-0.15, -0.1) is 0 Å². The van der Waals surface area contributed by atoms with Crippen molar-refractivity contribution in [2.45, 2.75) is 45.6 Å². The molecule has 1 fully saturated rings. The van der Waals surface area contributed by atoms with Gasteiger partial charge in [-0.3, -0.25) is 0 Å². The van der Waals surface area contributed by atoms with Gasteiger partial charge in [0.25, 0.3) is 0 Å². The Kier molecular flexibility index (Phi) is 5.21. The minimum Gasteiger partial charge on any atom is -0.395 e. The third-order valence-electron chi connectivity index (χ3n) is 3.11. The van der Waals surface area contributed by atoms with Crippen LogP contribution in [0.3, 0.4) is 0 Å². The maximum Gasteiger partial charge on any atom is 0.214 e. The van der Waals surface area contributed by atoms with Gasteiger partial charge in [0.15, 0.2) is 0 Å². The van der Waals surface area contributed by atoms with Crippen LogP contribution in [0.4, 0.5) is 0 Å². The van der Waals surface area contributed by atoms with Crippen LogP contribution in [0, 0.1) is 5.92 Å². The molecule has 0 bridgehead atoms. The van der Waals surface area contributed by atoms with Crippen LogP contribution in [0.2, 0.25) is 0 Å². The fraction of sp³-hybridized carbons (Fsp3) is 1.00. The van der Waals surface area contributed by atoms with Crippen molar-refractivity contribution >= 4 is 10.0 Å². The number of aliphatic hydroxyl groups is 1. The fourth-order valence-electron chi connectivity index (χ4n) is 1.82. The van der Waals surface area contributed by atoms with Crippen molar-refractivity contribution in [1.82, 2.24) is 4.31 Å². The van der Waals surface area contributed by atoms with E-state index in [1.54, 1.807) is 0 Å². The zero-order valence-corrected chi connectivity index (χ0v) is 11.0. The number of nitrogens with zero attached hydrogens (tertiary/aromatic N) is 1. The van der Waals surface area contributed by atoms with Crippen LogP contribution in [0.15, 0.2) is 0 Å². The predicted molar refractivity (Wildman–Crippen MR) is 64.7 cm³/mol. The third-order valence-corrected chi connectivity index (χ3v) is 5.06. The molecule has 4 nitrogen and oxygen atoms in total. The van der Waals surface area contributed by atoms with Gasteiger partial charge in [0.05, 0.1) is 12.4 Å². The van der Waals surface area contributed by atoms with E-state index in [4.69, 9.17) is 5.11 Å². The van der Waals surface area contributed by atoms with Crippen molar-refractivity contribution in [3.8, 4) is 0 Å². The van der Waals surface area contributed by atoms with E-state index >= 15 is 0 Å². The normalized spacial score (nSPS) is 18.1. The molecule has 1 aliphatic rings. The highest BCUT2D eigenvalue weighted by atomic mass is 32.2. The molecule has 16 heavy (non-hydrogen) atoms. The summed E-state index contributed by atoms with van der Waals surface area (Å²) < 4.78 is 25.7. The molecule has 1 rings (SSSR count). The lowest BCUT2D eigenvalue weighted by atomic mass is 9.93. The van der Waals surface area contributed by atoms with E-state index in [0.29, 0.717) is 12.3 Å². The average Bonchev–Trinajstić information content (AvgIpc) is 2.11. The molecular weight excluding hydrogens is 226 g/mol. The summed E-state index contributed by atoms with van der Waals surface area (Å²) in [6.07, 6.45) is 3.69. The van der Waals surface area contributed by atoms with Gasteiger partial charge in [0.2, 0.25) is 10.0 Å². The first kappa shape index (κ1) is 13.9. The first-order chi connectivity index (χ1) is 7.47. The summed E-state index contributed by atoms with van der Waals surface area (Å²) in [5.74, 6) is 0.605. The molecule has 5 heteroatoms. The van der Waals surface area contributed by atoms with Crippen molar-refractivity contribution in [3.05, 3.63) is 0 Å². The molecule has 0 spiro atoms. The standard InChI is InChI=1S/C11H23NO3S/c1-10(2)6-9-16(14,15)12(7-8-13)11-4-3-5-11/h10-11,13H,3-9H2,1-2H3. The monoisotopic (exact) mass is 249 g/mol. The lowest BCUT2D eigenvalue weighted by Crippen LogP contribution is -2.46. The van der Waals surface area contributed by atoms with Gasteiger partial charge in [-0.25, -0.2) is 8.42 Å². The highest BCUT2D eigenvalue weighted by Crippen LogP contribution is 2.27. The van der Waals surface area contributed by atoms with Crippen LogP contribution in [0.1, 0.15) is 39.5 Å². The second-order valence-electron chi connectivity index (χ2n) is 4.92. The Morgan fingerprint density at radius 2 is 2.00 bits per heavy atom. The number of aliphatic hydroxyl groups excluding tert-OH is 1. The van der Waals surface area contributed by atoms with Gasteiger partial charge in [-0.1, -0.05) is 20.3 Å². The number of rotatable bonds is 7. The van der Waals surface area contributed by atoms with Crippen LogP contribution in [-0.2, 0) is 10.0 Å². The van der Waals surface area contributed by atoms with Gasteiger partial charge in [0.1, 0.15) is 0 Å². The molecule has 0 atom stereocenters. The molecule has 1 aliphatic carbocycles. The van der Waals surface area contributed by atoms with Crippen LogP contribution in [-0.4, -0.2) is 42.8 Å². The molecule has 0 radical (unpaired) electrons. The second kappa shape index (κ2) is 5.98. The minimum atomic E-state index is -3.17. The predicted octanol–water partition coefficient (Wildman–Crippen LogP) is 1.21. The van der Waals surface area contributed by atoms with E-state index in [0.717, 1.165) is 19.3 Å². The molecule has 96 valence electrons. The van der Waals surface area contributed by atoms with Crippen molar-refractivity contribution < 1.29 is 13.5 Å². The van der Waals surface area contributed by atoms with Gasteiger partial charge >= 0.3 is 0 Å². The zero-order valence-electron chi connectivity index (χ0n) is 10.2. The first-order valence-corrected chi connectivity index (χ1v) is 7.68. The SMILES string of the molecule is CC(C)CCS(=O)(=O)N(CCO)C1CCC1. The molecule has 0 unspecified atom stereocenters. The quantitative estimate of drug-likeness (QED) is 0.738. The number of hydrogen-bond acceptors (Lipinski definition) is 3. The van der Waals surface area contributed by atoms with Gasteiger partial charge in [-0.05, 0) is 25.2 Å². The molecule has 1 saturated carbocycles. The minimum absolute atomic E-state index is 0.0859. The molecule has 0 aromatic rings. The van der Waals surface area contributed by atoms with Gasteiger partial charge < -0.3 is 5.11 Å². The summed E-state index contributed by atoms with van der Waals surface area (Å²) in [4.78, 5) is 0. The third kappa shape index (κ3) is 3.71. The molecule has 0 saturated heterocycles. The Labute approximate surface area is 98.7 Å². The highest BCUT2D eigenvalue weighted by Gasteiger charge is 2.32. The van der Waals surface area contributed by atoms with E-state index in [9.17, 15) is 8.42 Å². The summed E-state index contributed by atoms with van der Waals surface area (Å²) in [5, 5.41) is 8.94. The topological polar surface area (TPSA) is 57.6 Å². The lowest BCUT2D eigenvalue weighted by molar-refractivity contribution is 0.178. The molecule has 0 amide bonds. The van der Waals surface area contributed by atoms with E-state index < -0.39 is 10.0 Å². The second-order valence-corrected chi connectivity index (χ2v) is 6.96. The van der Waals surface area contributed by atoms with E-state index in [1.165, 1.54) is 4.31 Å². The van der Waals surface area contributed by atoms with E-state index in [1.807, 2.05) is 13.8 Å². The van der Waals surface area contributed by atoms with E-state index in [2.05, 4.69) is 0 Å². The zero-order chi connectivity index (χ0) is 12.2. The van der Waals surface area contributed by atoms with Crippen molar-refractivity contribution in [3.63, 3.8) is 0 Å². The summed E-state index contributed by atoms with van der Waals surface area (Å²) in [7, 11) is -3.17. The maximum absolute atomic E-state index is 12.1. The Morgan fingerprint density at radius 1 is 1.38 bits per heavy atom. The smallest absolute Gasteiger partial charge is 0.214 e. The molecule has 0 aromatic heterocycles. The fourth-order valence-corrected chi connectivity index (χ4v) is 3.85. The summed E-state index contributed by atoms with van der Waals surface area (Å²) in [5.41, 5.74) is 0. The molecule has 0 aliphatic heterocycles. The van der Waals surface area contributed by atoms with E-state index in [-0.39, 0.29) is 24.9 Å².